The first-order valence-electron chi connectivity index (χ1n) is 4.97. The van der Waals surface area contributed by atoms with Gasteiger partial charge in [0.15, 0.2) is 11.6 Å². The molecule has 0 aromatic heterocycles. The molecule has 0 spiro atoms. The van der Waals surface area contributed by atoms with Crippen molar-refractivity contribution in [3.8, 4) is 0 Å². The molecule has 2 nitrogen and oxygen atoms in total. The highest BCUT2D eigenvalue weighted by molar-refractivity contribution is 6.33. The van der Waals surface area contributed by atoms with Crippen molar-refractivity contribution in [1.82, 2.24) is 0 Å². The van der Waals surface area contributed by atoms with Gasteiger partial charge < -0.3 is 0 Å². The minimum absolute atomic E-state index is 0.220. The van der Waals surface area contributed by atoms with Gasteiger partial charge in [-0.05, 0) is 23.8 Å². The molecule has 0 N–H and O–H groups in total. The van der Waals surface area contributed by atoms with Gasteiger partial charge in [0.1, 0.15) is 0 Å². The summed E-state index contributed by atoms with van der Waals surface area (Å²) in [5, 5.41) is 0. The fourth-order valence-electron chi connectivity index (χ4n) is 1.44. The molecular formula is C14H10O2. The minimum atomic E-state index is -0.220. The number of allylic oxidation sites excluding steroid dienone is 5. The number of ketones is 2. The maximum Gasteiger partial charge on any atom is 0.189 e. The van der Waals surface area contributed by atoms with E-state index in [1.807, 2.05) is 36.4 Å². The van der Waals surface area contributed by atoms with Gasteiger partial charge in [-0.3, -0.25) is 9.59 Å². The molecule has 0 amide bonds. The van der Waals surface area contributed by atoms with Gasteiger partial charge in [0.2, 0.25) is 0 Å². The molecule has 2 heteroatoms. The zero-order valence-electron chi connectivity index (χ0n) is 8.59. The van der Waals surface area contributed by atoms with Gasteiger partial charge in [-0.15, -0.1) is 0 Å². The summed E-state index contributed by atoms with van der Waals surface area (Å²) in [6.07, 6.45) is 7.71. The second-order valence-corrected chi connectivity index (χ2v) is 3.41. The zero-order valence-corrected chi connectivity index (χ0v) is 8.59. The third-order valence-electron chi connectivity index (χ3n) is 2.27. The first-order valence-corrected chi connectivity index (χ1v) is 4.97. The van der Waals surface area contributed by atoms with Gasteiger partial charge in [-0.2, -0.15) is 0 Å². The number of rotatable bonds is 2. The predicted octanol–water partition coefficient (Wildman–Crippen LogP) is 2.33. The van der Waals surface area contributed by atoms with Crippen molar-refractivity contribution in [2.45, 2.75) is 0 Å². The van der Waals surface area contributed by atoms with E-state index < -0.39 is 0 Å². The van der Waals surface area contributed by atoms with Crippen LogP contribution in [-0.4, -0.2) is 11.6 Å². The van der Waals surface area contributed by atoms with E-state index in [9.17, 15) is 9.59 Å². The lowest BCUT2D eigenvalue weighted by molar-refractivity contribution is -0.115. The molecule has 0 bridgehead atoms. The van der Waals surface area contributed by atoms with Crippen LogP contribution in [0.15, 0.2) is 60.2 Å². The van der Waals surface area contributed by atoms with Crippen LogP contribution in [-0.2, 0) is 9.59 Å². The van der Waals surface area contributed by atoms with E-state index in [2.05, 4.69) is 0 Å². The Kier molecular flexibility index (Phi) is 2.92. The average Bonchev–Trinajstić information content (AvgIpc) is 2.62. The van der Waals surface area contributed by atoms with Crippen LogP contribution in [0.25, 0.3) is 6.08 Å². The molecule has 1 aliphatic rings. The molecule has 0 saturated heterocycles. The van der Waals surface area contributed by atoms with Gasteiger partial charge >= 0.3 is 0 Å². The molecule has 1 aromatic rings. The molecule has 1 aliphatic carbocycles. The average molecular weight is 210 g/mol. The largest absolute Gasteiger partial charge is 0.289 e. The zero-order chi connectivity index (χ0) is 11.4. The smallest absolute Gasteiger partial charge is 0.189 e. The van der Waals surface area contributed by atoms with Gasteiger partial charge in [-0.25, -0.2) is 0 Å². The maximum atomic E-state index is 11.2. The number of carbonyl (C=O) groups is 2. The molecular weight excluding hydrogens is 200 g/mol. The Morgan fingerprint density at radius 2 is 1.50 bits per heavy atom. The number of benzene rings is 1. The summed E-state index contributed by atoms with van der Waals surface area (Å²) in [4.78, 5) is 22.4. The summed E-state index contributed by atoms with van der Waals surface area (Å²) >= 11 is 0. The summed E-state index contributed by atoms with van der Waals surface area (Å²) in [6, 6.07) is 9.70. The lowest BCUT2D eigenvalue weighted by Crippen LogP contribution is -1.99. The fourth-order valence-corrected chi connectivity index (χ4v) is 1.44. The Morgan fingerprint density at radius 3 is 2.12 bits per heavy atom. The third-order valence-corrected chi connectivity index (χ3v) is 2.27. The van der Waals surface area contributed by atoms with Crippen LogP contribution in [0.5, 0.6) is 0 Å². The highest BCUT2D eigenvalue weighted by Gasteiger charge is 2.18. The molecule has 0 heterocycles. The molecule has 0 saturated carbocycles. The second-order valence-electron chi connectivity index (χ2n) is 3.41. The summed E-state index contributed by atoms with van der Waals surface area (Å²) in [7, 11) is 0. The molecule has 0 unspecified atom stereocenters. The first kappa shape index (κ1) is 10.3. The Balaban J connectivity index is 2.13. The molecule has 1 aromatic carbocycles. The molecule has 16 heavy (non-hydrogen) atoms. The summed E-state index contributed by atoms with van der Waals surface area (Å²) in [5.41, 5.74) is 1.26. The quantitative estimate of drug-likeness (QED) is 0.554. The van der Waals surface area contributed by atoms with Gasteiger partial charge in [0.05, 0.1) is 5.57 Å². The lowest BCUT2D eigenvalue weighted by atomic mass is 10.1. The van der Waals surface area contributed by atoms with E-state index in [-0.39, 0.29) is 17.1 Å². The first-order chi connectivity index (χ1) is 7.77. The molecule has 0 fully saturated rings. The van der Waals surface area contributed by atoms with Crippen molar-refractivity contribution in [2.24, 2.45) is 0 Å². The van der Waals surface area contributed by atoms with E-state index in [1.54, 1.807) is 12.2 Å². The summed E-state index contributed by atoms with van der Waals surface area (Å²) in [6.45, 7) is 0. The van der Waals surface area contributed by atoms with Crippen LogP contribution in [0.1, 0.15) is 5.56 Å². The van der Waals surface area contributed by atoms with Gasteiger partial charge in [-0.1, -0.05) is 42.5 Å². The van der Waals surface area contributed by atoms with Crippen LogP contribution >= 0.6 is 0 Å². The van der Waals surface area contributed by atoms with E-state index in [4.69, 9.17) is 0 Å². The highest BCUT2D eigenvalue weighted by atomic mass is 16.2. The number of hydrogen-bond acceptors (Lipinski definition) is 2. The standard InChI is InChI=1S/C14H10O2/c15-13-9-10-14(16)12(13)8-4-7-11-5-2-1-3-6-11/h1-10H/b7-4+. The number of carbonyl (C=O) groups excluding carboxylic acids is 2. The van der Waals surface area contributed by atoms with Crippen LogP contribution < -0.4 is 0 Å². The number of hydrogen-bond donors (Lipinski definition) is 0. The molecule has 0 aliphatic heterocycles. The van der Waals surface area contributed by atoms with Crippen molar-refractivity contribution in [1.29, 1.82) is 0 Å². The van der Waals surface area contributed by atoms with E-state index in [0.717, 1.165) is 5.56 Å². The molecule has 0 radical (unpaired) electrons. The summed E-state index contributed by atoms with van der Waals surface area (Å²) < 4.78 is 0. The minimum Gasteiger partial charge on any atom is -0.289 e. The Morgan fingerprint density at radius 1 is 0.875 bits per heavy atom. The Bertz CT molecular complexity index is 485. The van der Waals surface area contributed by atoms with Crippen molar-refractivity contribution >= 4 is 17.6 Å². The van der Waals surface area contributed by atoms with Crippen molar-refractivity contribution < 1.29 is 9.59 Å². The van der Waals surface area contributed by atoms with Gasteiger partial charge in [0, 0.05) is 0 Å². The highest BCUT2D eigenvalue weighted by Crippen LogP contribution is 2.10. The topological polar surface area (TPSA) is 34.1 Å². The maximum absolute atomic E-state index is 11.2. The Labute approximate surface area is 93.6 Å². The molecule has 2 rings (SSSR count). The van der Waals surface area contributed by atoms with Crippen LogP contribution in [0.3, 0.4) is 0 Å². The SMILES string of the molecule is O=C1C=CC(=O)C1=C/C=C/c1ccccc1. The summed E-state index contributed by atoms with van der Waals surface area (Å²) in [5.74, 6) is -0.439. The van der Waals surface area contributed by atoms with Crippen molar-refractivity contribution in [3.05, 3.63) is 65.8 Å². The fraction of sp³-hybridized carbons (Fsp3) is 0. The third kappa shape index (κ3) is 2.23. The van der Waals surface area contributed by atoms with E-state index in [1.165, 1.54) is 12.2 Å². The molecule has 78 valence electrons. The lowest BCUT2D eigenvalue weighted by Gasteiger charge is -1.91. The van der Waals surface area contributed by atoms with Crippen LogP contribution in [0.4, 0.5) is 0 Å². The predicted molar refractivity (Wildman–Crippen MR) is 62.7 cm³/mol. The van der Waals surface area contributed by atoms with Gasteiger partial charge in [0.25, 0.3) is 0 Å². The molecule has 0 atom stereocenters. The van der Waals surface area contributed by atoms with Crippen molar-refractivity contribution in [3.63, 3.8) is 0 Å². The Hall–Kier alpha value is -2.22. The van der Waals surface area contributed by atoms with Crippen molar-refractivity contribution in [2.75, 3.05) is 0 Å². The van der Waals surface area contributed by atoms with E-state index in [0.29, 0.717) is 0 Å². The second kappa shape index (κ2) is 4.53. The van der Waals surface area contributed by atoms with E-state index >= 15 is 0 Å². The normalized spacial score (nSPS) is 15.1. The monoisotopic (exact) mass is 210 g/mol. The van der Waals surface area contributed by atoms with Crippen LogP contribution in [0.2, 0.25) is 0 Å². The van der Waals surface area contributed by atoms with Crippen LogP contribution in [0, 0.1) is 0 Å².